The quantitative estimate of drug-likeness (QED) is 0.878. The Balaban J connectivity index is 1.82. The van der Waals surface area contributed by atoms with Crippen molar-refractivity contribution in [3.8, 4) is 0 Å². The fraction of sp³-hybridized carbons (Fsp3) is 0.389. The number of carbonyl (C=O) groups is 1. The zero-order chi connectivity index (χ0) is 15.3. The van der Waals surface area contributed by atoms with Gasteiger partial charge in [0.2, 0.25) is 0 Å². The first-order chi connectivity index (χ1) is 10.6. The Labute approximate surface area is 138 Å². The molecule has 4 rings (SSSR count). The summed E-state index contributed by atoms with van der Waals surface area (Å²) in [5, 5.41) is 1.97. The summed E-state index contributed by atoms with van der Waals surface area (Å²) in [7, 11) is 0. The van der Waals surface area contributed by atoms with Crippen molar-refractivity contribution < 1.29 is 4.79 Å². The molecule has 0 bridgehead atoms. The van der Waals surface area contributed by atoms with Crippen molar-refractivity contribution in [1.82, 2.24) is 0 Å². The first kappa shape index (κ1) is 14.1. The molecular weight excluding hydrogens is 340 g/mol. The molecule has 1 aliphatic heterocycles. The SMILES string of the molecule is NC(=O)c1c(N2CCC3(CC2)CC3)cc(Br)c2ccccc12. The van der Waals surface area contributed by atoms with Crippen LogP contribution in [0.1, 0.15) is 36.0 Å². The van der Waals surface area contributed by atoms with E-state index in [0.29, 0.717) is 11.0 Å². The van der Waals surface area contributed by atoms with Crippen molar-refractivity contribution in [3.05, 3.63) is 40.4 Å². The van der Waals surface area contributed by atoms with Crippen LogP contribution in [0, 0.1) is 5.41 Å². The summed E-state index contributed by atoms with van der Waals surface area (Å²) >= 11 is 3.65. The minimum absolute atomic E-state index is 0.342. The van der Waals surface area contributed by atoms with Crippen LogP contribution < -0.4 is 10.6 Å². The molecule has 1 saturated heterocycles. The molecule has 114 valence electrons. The van der Waals surface area contributed by atoms with Gasteiger partial charge >= 0.3 is 0 Å². The van der Waals surface area contributed by atoms with Crippen molar-refractivity contribution in [2.75, 3.05) is 18.0 Å². The van der Waals surface area contributed by atoms with Gasteiger partial charge in [0.25, 0.3) is 5.91 Å². The number of piperidine rings is 1. The molecule has 1 spiro atoms. The molecule has 0 radical (unpaired) electrons. The lowest BCUT2D eigenvalue weighted by Gasteiger charge is -2.35. The molecule has 1 heterocycles. The second kappa shape index (κ2) is 4.98. The minimum atomic E-state index is -0.342. The van der Waals surface area contributed by atoms with Crippen LogP contribution in [-0.2, 0) is 0 Å². The second-order valence-electron chi connectivity index (χ2n) is 6.65. The number of halogens is 1. The summed E-state index contributed by atoms with van der Waals surface area (Å²) in [6.07, 6.45) is 5.22. The maximum atomic E-state index is 12.1. The average Bonchev–Trinajstić information content (AvgIpc) is 3.27. The van der Waals surface area contributed by atoms with Gasteiger partial charge in [-0.2, -0.15) is 0 Å². The Hall–Kier alpha value is -1.55. The molecule has 0 atom stereocenters. The van der Waals surface area contributed by atoms with Gasteiger partial charge in [-0.1, -0.05) is 40.2 Å². The summed E-state index contributed by atoms with van der Waals surface area (Å²) in [6, 6.07) is 10.0. The lowest BCUT2D eigenvalue weighted by Crippen LogP contribution is -2.35. The third-order valence-electron chi connectivity index (χ3n) is 5.34. The Morgan fingerprint density at radius 1 is 1.09 bits per heavy atom. The fourth-order valence-corrected chi connectivity index (χ4v) is 4.29. The number of carbonyl (C=O) groups excluding carboxylic acids is 1. The van der Waals surface area contributed by atoms with E-state index >= 15 is 0 Å². The van der Waals surface area contributed by atoms with Crippen LogP contribution in [0.4, 0.5) is 5.69 Å². The fourth-order valence-electron chi connectivity index (χ4n) is 3.72. The van der Waals surface area contributed by atoms with Gasteiger partial charge in [0, 0.05) is 17.6 Å². The number of amides is 1. The highest BCUT2D eigenvalue weighted by molar-refractivity contribution is 9.10. The van der Waals surface area contributed by atoms with Crippen molar-refractivity contribution in [2.45, 2.75) is 25.7 Å². The van der Waals surface area contributed by atoms with Crippen molar-refractivity contribution >= 4 is 38.3 Å². The highest BCUT2D eigenvalue weighted by Gasteiger charge is 2.44. The molecule has 0 unspecified atom stereocenters. The number of nitrogens with two attached hydrogens (primary N) is 1. The third-order valence-corrected chi connectivity index (χ3v) is 6.00. The van der Waals surface area contributed by atoms with E-state index in [9.17, 15) is 4.79 Å². The summed E-state index contributed by atoms with van der Waals surface area (Å²) in [4.78, 5) is 14.4. The number of nitrogens with zero attached hydrogens (tertiary/aromatic N) is 1. The van der Waals surface area contributed by atoms with E-state index < -0.39 is 0 Å². The lowest BCUT2D eigenvalue weighted by atomic mass is 9.92. The van der Waals surface area contributed by atoms with Crippen LogP contribution >= 0.6 is 15.9 Å². The molecule has 0 aromatic heterocycles. The Morgan fingerprint density at radius 2 is 1.73 bits per heavy atom. The van der Waals surface area contributed by atoms with Gasteiger partial charge in [0.15, 0.2) is 0 Å². The van der Waals surface area contributed by atoms with Gasteiger partial charge in [-0.3, -0.25) is 4.79 Å². The topological polar surface area (TPSA) is 46.3 Å². The van der Waals surface area contributed by atoms with Crippen LogP contribution in [0.3, 0.4) is 0 Å². The highest BCUT2D eigenvalue weighted by atomic mass is 79.9. The molecule has 1 aliphatic carbocycles. The number of hydrogen-bond donors (Lipinski definition) is 1. The number of anilines is 1. The zero-order valence-electron chi connectivity index (χ0n) is 12.4. The Bertz CT molecular complexity index is 757. The second-order valence-corrected chi connectivity index (χ2v) is 7.50. The molecule has 1 amide bonds. The zero-order valence-corrected chi connectivity index (χ0v) is 14.0. The molecule has 2 aromatic carbocycles. The number of primary amides is 1. The molecule has 2 fully saturated rings. The van der Waals surface area contributed by atoms with Gasteiger partial charge < -0.3 is 10.6 Å². The summed E-state index contributed by atoms with van der Waals surface area (Å²) < 4.78 is 1.02. The van der Waals surface area contributed by atoms with Gasteiger partial charge in [-0.25, -0.2) is 0 Å². The molecular formula is C18H19BrN2O. The maximum Gasteiger partial charge on any atom is 0.251 e. The van der Waals surface area contributed by atoms with Gasteiger partial charge in [-0.15, -0.1) is 0 Å². The van der Waals surface area contributed by atoms with Crippen LogP contribution in [0.25, 0.3) is 10.8 Å². The van der Waals surface area contributed by atoms with Crippen LogP contribution in [0.15, 0.2) is 34.8 Å². The minimum Gasteiger partial charge on any atom is -0.371 e. The maximum absolute atomic E-state index is 12.1. The van der Waals surface area contributed by atoms with Crippen LogP contribution in [0.5, 0.6) is 0 Å². The van der Waals surface area contributed by atoms with E-state index in [1.807, 2.05) is 24.3 Å². The molecule has 22 heavy (non-hydrogen) atoms. The Kier molecular flexibility index (Phi) is 3.19. The molecule has 3 nitrogen and oxygen atoms in total. The number of hydrogen-bond acceptors (Lipinski definition) is 2. The van der Waals surface area contributed by atoms with E-state index in [1.54, 1.807) is 0 Å². The highest BCUT2D eigenvalue weighted by Crippen LogP contribution is 2.54. The van der Waals surface area contributed by atoms with Gasteiger partial charge in [0.1, 0.15) is 0 Å². The van der Waals surface area contributed by atoms with E-state index in [0.717, 1.165) is 34.0 Å². The normalized spacial score (nSPS) is 19.6. The van der Waals surface area contributed by atoms with Crippen molar-refractivity contribution in [2.24, 2.45) is 11.1 Å². The van der Waals surface area contributed by atoms with Crippen molar-refractivity contribution in [3.63, 3.8) is 0 Å². The predicted octanol–water partition coefficient (Wildman–Crippen LogP) is 4.08. The standard InChI is InChI=1S/C18H19BrN2O/c19-14-11-15(21-9-7-18(5-6-18)8-10-21)16(17(20)22)13-4-2-1-3-12(13)14/h1-4,11H,5-10H2,(H2,20,22). The molecule has 2 N–H and O–H groups in total. The number of rotatable bonds is 2. The van der Waals surface area contributed by atoms with E-state index in [1.165, 1.54) is 25.7 Å². The van der Waals surface area contributed by atoms with Crippen LogP contribution in [-0.4, -0.2) is 19.0 Å². The molecule has 2 aromatic rings. The molecule has 4 heteroatoms. The lowest BCUT2D eigenvalue weighted by molar-refractivity contribution is 0.100. The smallest absolute Gasteiger partial charge is 0.251 e. The van der Waals surface area contributed by atoms with E-state index in [4.69, 9.17) is 5.73 Å². The predicted molar refractivity (Wildman–Crippen MR) is 93.3 cm³/mol. The van der Waals surface area contributed by atoms with Crippen molar-refractivity contribution in [1.29, 1.82) is 0 Å². The Morgan fingerprint density at radius 3 is 2.32 bits per heavy atom. The monoisotopic (exact) mass is 358 g/mol. The summed E-state index contributed by atoms with van der Waals surface area (Å²) in [5.41, 5.74) is 7.98. The van der Waals surface area contributed by atoms with E-state index in [-0.39, 0.29) is 5.91 Å². The van der Waals surface area contributed by atoms with Gasteiger partial charge in [0.05, 0.1) is 11.3 Å². The average molecular weight is 359 g/mol. The number of fused-ring (bicyclic) bond motifs is 1. The third kappa shape index (κ3) is 2.21. The number of benzene rings is 2. The molecule has 2 aliphatic rings. The molecule has 1 saturated carbocycles. The summed E-state index contributed by atoms with van der Waals surface area (Å²) in [5.74, 6) is -0.342. The largest absolute Gasteiger partial charge is 0.371 e. The van der Waals surface area contributed by atoms with Gasteiger partial charge in [-0.05, 0) is 47.9 Å². The van der Waals surface area contributed by atoms with Crippen LogP contribution in [0.2, 0.25) is 0 Å². The first-order valence-corrected chi connectivity index (χ1v) is 8.65. The summed E-state index contributed by atoms with van der Waals surface area (Å²) in [6.45, 7) is 2.04. The van der Waals surface area contributed by atoms with E-state index in [2.05, 4.69) is 26.9 Å². The first-order valence-electron chi connectivity index (χ1n) is 7.86.